The maximum Gasteiger partial charge on any atom is 0.321 e. The molecule has 61 valence electrons. The molecule has 0 aliphatic rings. The van der Waals surface area contributed by atoms with E-state index in [0.29, 0.717) is 12.3 Å². The maximum absolute atomic E-state index is 10.3. The van der Waals surface area contributed by atoms with Crippen LogP contribution >= 0.6 is 11.8 Å². The predicted molar refractivity (Wildman–Crippen MR) is 45.6 cm³/mol. The summed E-state index contributed by atoms with van der Waals surface area (Å²) in [6.45, 7) is 3.90. The van der Waals surface area contributed by atoms with E-state index in [0.717, 1.165) is 0 Å². The minimum atomic E-state index is -0.899. The monoisotopic (exact) mass is 188 g/mol. The summed E-state index contributed by atoms with van der Waals surface area (Å²) in [6, 6.07) is -0.623. The molecule has 1 unspecified atom stereocenters. The van der Waals surface area contributed by atoms with E-state index in [1.54, 1.807) is 0 Å². The van der Waals surface area contributed by atoms with Gasteiger partial charge in [0.25, 0.3) is 0 Å². The van der Waals surface area contributed by atoms with E-state index in [2.05, 4.69) is 4.84 Å². The van der Waals surface area contributed by atoms with Crippen LogP contribution in [0.4, 0.5) is 0 Å². The van der Waals surface area contributed by atoms with Crippen LogP contribution in [-0.2, 0) is 4.79 Å². The molecule has 2 N–H and O–H groups in total. The first-order valence-corrected chi connectivity index (χ1v) is 3.54. The summed E-state index contributed by atoms with van der Waals surface area (Å²) in [5.74, 6) is -0.559. The molecule has 0 saturated carbocycles. The van der Waals surface area contributed by atoms with Crippen molar-refractivity contribution in [3.05, 3.63) is 0 Å². The van der Waals surface area contributed by atoms with Crippen LogP contribution in [0.5, 0.6) is 0 Å². The molecule has 1 atom stereocenters. The van der Waals surface area contributed by atoms with E-state index < -0.39 is 12.0 Å². The van der Waals surface area contributed by atoms with Gasteiger partial charge < -0.3 is 5.11 Å². The summed E-state index contributed by atoms with van der Waals surface area (Å²) in [4.78, 5) is 12.5. The minimum Gasteiger partial charge on any atom is -0.480 e. The van der Waals surface area contributed by atoms with Crippen molar-refractivity contribution in [3.8, 4) is 0 Å². The number of carbonyl (C=O) groups is 1. The van der Waals surface area contributed by atoms with Gasteiger partial charge in [0.2, 0.25) is 0 Å². The van der Waals surface area contributed by atoms with Crippen molar-refractivity contribution >= 4 is 47.3 Å². The van der Waals surface area contributed by atoms with Crippen LogP contribution in [0.2, 0.25) is 0 Å². The zero-order valence-electron chi connectivity index (χ0n) is 7.10. The Morgan fingerprint density at radius 3 is 2.18 bits per heavy atom. The number of hydrogen-bond acceptors (Lipinski definition) is 2. The summed E-state index contributed by atoms with van der Waals surface area (Å²) in [6.07, 6.45) is 0.554. The van der Waals surface area contributed by atoms with Gasteiger partial charge in [-0.05, 0) is 24.1 Å². The Labute approximate surface area is 93.9 Å². The fraction of sp³-hybridized carbons (Fsp3) is 0.833. The minimum absolute atomic E-state index is 0. The van der Waals surface area contributed by atoms with Crippen molar-refractivity contribution in [2.24, 2.45) is 5.92 Å². The van der Waals surface area contributed by atoms with Crippen LogP contribution in [0.1, 0.15) is 20.3 Å². The van der Waals surface area contributed by atoms with E-state index in [9.17, 15) is 4.79 Å². The Hall–Kier alpha value is 0.720. The van der Waals surface area contributed by atoms with Crippen molar-refractivity contribution in [2.75, 3.05) is 0 Å². The summed E-state index contributed by atoms with van der Waals surface area (Å²) in [5.41, 5.74) is 0. The molecule has 0 amide bonds. The summed E-state index contributed by atoms with van der Waals surface area (Å²) < 4.78 is 0. The van der Waals surface area contributed by atoms with Crippen LogP contribution in [0, 0.1) is 5.92 Å². The predicted octanol–water partition coefficient (Wildman–Crippen LogP) is 0.848. The largest absolute Gasteiger partial charge is 0.480 e. The second-order valence-corrected chi connectivity index (χ2v) is 2.85. The first kappa shape index (κ1) is 14.3. The Balaban J connectivity index is 0. The van der Waals surface area contributed by atoms with Crippen molar-refractivity contribution in [2.45, 2.75) is 26.3 Å². The quantitative estimate of drug-likeness (QED) is 0.508. The second kappa shape index (κ2) is 7.37. The molecule has 0 bridgehead atoms. The molecule has 0 aromatic rings. The van der Waals surface area contributed by atoms with Gasteiger partial charge in [-0.1, -0.05) is 13.8 Å². The van der Waals surface area contributed by atoms with Gasteiger partial charge in [-0.2, -0.15) is 0 Å². The third kappa shape index (κ3) is 7.09. The van der Waals surface area contributed by atoms with Gasteiger partial charge in [-0.25, -0.2) is 4.84 Å². The van der Waals surface area contributed by atoms with Crippen molar-refractivity contribution < 1.29 is 9.90 Å². The van der Waals surface area contributed by atoms with Gasteiger partial charge in [0, 0.05) is 29.6 Å². The molecular formula is C6H12ClNNaO2. The fourth-order valence-corrected chi connectivity index (χ4v) is 0.846. The Bertz CT molecular complexity index is 121. The summed E-state index contributed by atoms with van der Waals surface area (Å²) in [7, 11) is 0. The zero-order chi connectivity index (χ0) is 8.15. The fourth-order valence-electron chi connectivity index (χ4n) is 0.663. The molecule has 0 saturated heterocycles. The van der Waals surface area contributed by atoms with Gasteiger partial charge in [0.1, 0.15) is 6.04 Å². The summed E-state index contributed by atoms with van der Waals surface area (Å²) >= 11 is 5.18. The number of halogens is 1. The molecule has 5 heteroatoms. The smallest absolute Gasteiger partial charge is 0.321 e. The number of carboxylic acid groups (broad SMARTS) is 1. The molecular weight excluding hydrogens is 177 g/mol. The molecule has 0 aromatic heterocycles. The Kier molecular flexibility index (Phi) is 9.56. The third-order valence-electron chi connectivity index (χ3n) is 1.14. The van der Waals surface area contributed by atoms with Gasteiger partial charge in [0.15, 0.2) is 0 Å². The number of hydrogen-bond donors (Lipinski definition) is 2. The van der Waals surface area contributed by atoms with Gasteiger partial charge in [-0.15, -0.1) is 0 Å². The zero-order valence-corrected chi connectivity index (χ0v) is 9.85. The SMILES string of the molecule is CC(C)CC(NCl)C(=O)O.[Na]. The topological polar surface area (TPSA) is 49.3 Å². The molecule has 0 aliphatic heterocycles. The molecule has 0 aromatic carbocycles. The van der Waals surface area contributed by atoms with Gasteiger partial charge in [-0.3, -0.25) is 4.79 Å². The van der Waals surface area contributed by atoms with Gasteiger partial charge >= 0.3 is 5.97 Å². The van der Waals surface area contributed by atoms with E-state index in [1.165, 1.54) is 0 Å². The average molecular weight is 189 g/mol. The normalized spacial score (nSPS) is 12.4. The van der Waals surface area contributed by atoms with Crippen LogP contribution in [-0.4, -0.2) is 46.7 Å². The number of aliphatic carboxylic acids is 1. The Morgan fingerprint density at radius 2 is 2.09 bits per heavy atom. The van der Waals surface area contributed by atoms with Crippen molar-refractivity contribution in [3.63, 3.8) is 0 Å². The number of nitrogens with one attached hydrogen (secondary N) is 1. The van der Waals surface area contributed by atoms with Crippen LogP contribution in [0.25, 0.3) is 0 Å². The van der Waals surface area contributed by atoms with Crippen molar-refractivity contribution in [1.29, 1.82) is 0 Å². The molecule has 0 heterocycles. The second-order valence-electron chi connectivity index (χ2n) is 2.63. The third-order valence-corrected chi connectivity index (χ3v) is 1.40. The molecule has 0 fully saturated rings. The molecule has 0 rings (SSSR count). The number of rotatable bonds is 4. The first-order chi connectivity index (χ1) is 4.57. The van der Waals surface area contributed by atoms with Crippen LogP contribution < -0.4 is 4.84 Å². The summed E-state index contributed by atoms with van der Waals surface area (Å²) in [5, 5.41) is 8.48. The molecule has 0 spiro atoms. The van der Waals surface area contributed by atoms with Crippen LogP contribution in [0.3, 0.4) is 0 Å². The molecule has 3 nitrogen and oxygen atoms in total. The van der Waals surface area contributed by atoms with E-state index in [1.807, 2.05) is 13.8 Å². The van der Waals surface area contributed by atoms with Crippen LogP contribution in [0.15, 0.2) is 0 Å². The van der Waals surface area contributed by atoms with Crippen molar-refractivity contribution in [1.82, 2.24) is 4.84 Å². The standard InChI is InChI=1S/C6H12ClNO2.Na/c1-4(2)3-5(8-7)6(9)10;/h4-5,8H,3H2,1-2H3,(H,9,10);. The molecule has 11 heavy (non-hydrogen) atoms. The Morgan fingerprint density at radius 1 is 1.64 bits per heavy atom. The number of carboxylic acids is 1. The molecule has 1 radical (unpaired) electrons. The first-order valence-electron chi connectivity index (χ1n) is 3.17. The molecule has 0 aliphatic carbocycles. The average Bonchev–Trinajstić information content (AvgIpc) is 1.81. The maximum atomic E-state index is 10.3. The van der Waals surface area contributed by atoms with E-state index >= 15 is 0 Å². The van der Waals surface area contributed by atoms with E-state index in [-0.39, 0.29) is 29.6 Å². The van der Waals surface area contributed by atoms with E-state index in [4.69, 9.17) is 16.9 Å². The van der Waals surface area contributed by atoms with Gasteiger partial charge in [0.05, 0.1) is 0 Å².